The van der Waals surface area contributed by atoms with Gasteiger partial charge in [0.15, 0.2) is 0 Å². The van der Waals surface area contributed by atoms with Crippen LogP contribution in [0.3, 0.4) is 0 Å². The maximum absolute atomic E-state index is 11.2. The van der Waals surface area contributed by atoms with Crippen LogP contribution in [0.25, 0.3) is 0 Å². The summed E-state index contributed by atoms with van der Waals surface area (Å²) in [4.78, 5) is 25.4. The van der Waals surface area contributed by atoms with Crippen molar-refractivity contribution < 1.29 is 14.7 Å². The third-order valence-electron chi connectivity index (χ3n) is 2.84. The molecular weight excluding hydrogens is 210 g/mol. The van der Waals surface area contributed by atoms with E-state index in [0.29, 0.717) is 13.1 Å². The van der Waals surface area contributed by atoms with Gasteiger partial charge < -0.3 is 15.7 Å². The van der Waals surface area contributed by atoms with Gasteiger partial charge in [-0.05, 0) is 20.8 Å². The first-order valence-electron chi connectivity index (χ1n) is 5.27. The Morgan fingerprint density at radius 1 is 1.31 bits per heavy atom. The Kier molecular flexibility index (Phi) is 3.42. The molecule has 6 nitrogen and oxygen atoms in total. The number of carbonyl (C=O) groups excluding carboxylic acids is 1. The van der Waals surface area contributed by atoms with Crippen LogP contribution in [0.2, 0.25) is 0 Å². The van der Waals surface area contributed by atoms with E-state index in [-0.39, 0.29) is 12.1 Å². The van der Waals surface area contributed by atoms with Crippen molar-refractivity contribution in [3.05, 3.63) is 0 Å². The molecule has 0 radical (unpaired) electrons. The Morgan fingerprint density at radius 3 is 2.25 bits per heavy atom. The molecule has 0 spiro atoms. The van der Waals surface area contributed by atoms with Gasteiger partial charge in [0.05, 0.1) is 0 Å². The highest BCUT2D eigenvalue weighted by Crippen LogP contribution is 2.21. The molecule has 6 heteroatoms. The first-order chi connectivity index (χ1) is 7.23. The molecular formula is C10H19N3O3. The van der Waals surface area contributed by atoms with E-state index in [9.17, 15) is 9.59 Å². The fourth-order valence-corrected chi connectivity index (χ4v) is 2.00. The van der Waals surface area contributed by atoms with Crippen molar-refractivity contribution in [2.75, 3.05) is 19.6 Å². The highest BCUT2D eigenvalue weighted by Gasteiger charge is 2.38. The molecule has 1 fully saturated rings. The molecule has 16 heavy (non-hydrogen) atoms. The summed E-state index contributed by atoms with van der Waals surface area (Å²) in [5.74, 6) is -0.916. The number of amides is 2. The van der Waals surface area contributed by atoms with E-state index in [0.717, 1.165) is 0 Å². The highest BCUT2D eigenvalue weighted by molar-refractivity contribution is 5.77. The van der Waals surface area contributed by atoms with Crippen molar-refractivity contribution in [3.63, 3.8) is 0 Å². The van der Waals surface area contributed by atoms with Crippen molar-refractivity contribution in [2.24, 2.45) is 5.73 Å². The number of primary amides is 1. The molecule has 0 aliphatic carbocycles. The van der Waals surface area contributed by atoms with Crippen molar-refractivity contribution in [1.29, 1.82) is 0 Å². The van der Waals surface area contributed by atoms with Gasteiger partial charge in [-0.1, -0.05) is 0 Å². The largest absolute Gasteiger partial charge is 0.480 e. The number of piperazine rings is 1. The molecule has 1 atom stereocenters. The van der Waals surface area contributed by atoms with E-state index in [1.165, 1.54) is 4.90 Å². The summed E-state index contributed by atoms with van der Waals surface area (Å²) in [6.07, 6.45) is 0. The third-order valence-corrected chi connectivity index (χ3v) is 2.84. The van der Waals surface area contributed by atoms with Crippen LogP contribution in [-0.4, -0.2) is 58.1 Å². The minimum atomic E-state index is -0.916. The number of rotatable bonds is 1. The van der Waals surface area contributed by atoms with Crippen molar-refractivity contribution >= 4 is 12.0 Å². The van der Waals surface area contributed by atoms with Gasteiger partial charge in [0.25, 0.3) is 0 Å². The fourth-order valence-electron chi connectivity index (χ4n) is 2.00. The quantitative estimate of drug-likeness (QED) is 0.659. The molecule has 1 saturated heterocycles. The van der Waals surface area contributed by atoms with Crippen LogP contribution in [0.4, 0.5) is 4.79 Å². The summed E-state index contributed by atoms with van der Waals surface area (Å²) in [6, 6.07) is -1.24. The first-order valence-corrected chi connectivity index (χ1v) is 5.27. The van der Waals surface area contributed by atoms with E-state index in [2.05, 4.69) is 0 Å². The molecule has 0 aromatic rings. The van der Waals surface area contributed by atoms with Crippen LogP contribution < -0.4 is 5.73 Å². The Morgan fingerprint density at radius 2 is 1.88 bits per heavy atom. The van der Waals surface area contributed by atoms with Crippen LogP contribution in [0.1, 0.15) is 20.8 Å². The van der Waals surface area contributed by atoms with Crippen molar-refractivity contribution in [1.82, 2.24) is 9.80 Å². The number of carboxylic acids is 1. The topological polar surface area (TPSA) is 86.9 Å². The highest BCUT2D eigenvalue weighted by atomic mass is 16.4. The second kappa shape index (κ2) is 4.29. The van der Waals surface area contributed by atoms with Gasteiger partial charge in [-0.25, -0.2) is 4.79 Å². The predicted octanol–water partition coefficient (Wildman–Crippen LogP) is -0.0656. The Hall–Kier alpha value is -1.30. The lowest BCUT2D eigenvalue weighted by Gasteiger charge is -2.45. The SMILES string of the molecule is CC(C)(C)N1CCN(C(N)=O)C[C@H]1C(=O)O. The van der Waals surface area contributed by atoms with Gasteiger partial charge in [-0.3, -0.25) is 9.69 Å². The molecule has 2 amide bonds. The maximum Gasteiger partial charge on any atom is 0.322 e. The second-order valence-corrected chi connectivity index (χ2v) is 5.00. The number of carbonyl (C=O) groups is 2. The number of nitrogens with zero attached hydrogens (tertiary/aromatic N) is 2. The number of nitrogens with two attached hydrogens (primary N) is 1. The Labute approximate surface area is 95.0 Å². The number of carboxylic acid groups (broad SMARTS) is 1. The van der Waals surface area contributed by atoms with Crippen molar-refractivity contribution in [3.8, 4) is 0 Å². The third kappa shape index (κ3) is 2.63. The lowest BCUT2D eigenvalue weighted by Crippen LogP contribution is -2.63. The molecule has 1 aliphatic heterocycles. The van der Waals surface area contributed by atoms with Crippen LogP contribution >= 0.6 is 0 Å². The average molecular weight is 229 g/mol. The first kappa shape index (κ1) is 12.8. The maximum atomic E-state index is 11.2. The van der Waals surface area contributed by atoms with Crippen molar-refractivity contribution in [2.45, 2.75) is 32.4 Å². The summed E-state index contributed by atoms with van der Waals surface area (Å²) in [5, 5.41) is 9.15. The van der Waals surface area contributed by atoms with E-state index >= 15 is 0 Å². The minimum Gasteiger partial charge on any atom is -0.480 e. The molecule has 0 bridgehead atoms. The smallest absolute Gasteiger partial charge is 0.322 e. The van der Waals surface area contributed by atoms with Gasteiger partial charge in [-0.2, -0.15) is 0 Å². The number of hydrogen-bond donors (Lipinski definition) is 2. The zero-order chi connectivity index (χ0) is 12.5. The van der Waals surface area contributed by atoms with E-state index in [1.807, 2.05) is 25.7 Å². The van der Waals surface area contributed by atoms with E-state index in [4.69, 9.17) is 10.8 Å². The molecule has 0 unspecified atom stereocenters. The number of hydrogen-bond acceptors (Lipinski definition) is 3. The summed E-state index contributed by atoms with van der Waals surface area (Å²) < 4.78 is 0. The van der Waals surface area contributed by atoms with Gasteiger partial charge in [0, 0.05) is 25.2 Å². The van der Waals surface area contributed by atoms with E-state index in [1.54, 1.807) is 0 Å². The number of aliphatic carboxylic acids is 1. The van der Waals surface area contributed by atoms with Crippen LogP contribution in [-0.2, 0) is 4.79 Å². The van der Waals surface area contributed by atoms with Crippen LogP contribution in [0.5, 0.6) is 0 Å². The molecule has 1 heterocycles. The van der Waals surface area contributed by atoms with Gasteiger partial charge in [-0.15, -0.1) is 0 Å². The standard InChI is InChI=1S/C10H19N3O3/c1-10(2,3)13-5-4-12(9(11)16)6-7(13)8(14)15/h7H,4-6H2,1-3H3,(H2,11,16)(H,14,15)/t7-/m0/s1. The predicted molar refractivity (Wildman–Crippen MR) is 59.0 cm³/mol. The molecule has 3 N–H and O–H groups in total. The summed E-state index contributed by atoms with van der Waals surface area (Å²) in [7, 11) is 0. The average Bonchev–Trinajstić information content (AvgIpc) is 2.15. The minimum absolute atomic E-state index is 0.155. The lowest BCUT2D eigenvalue weighted by atomic mass is 10.0. The normalized spacial score (nSPS) is 23.2. The molecule has 92 valence electrons. The molecule has 0 saturated carbocycles. The second-order valence-electron chi connectivity index (χ2n) is 5.00. The Balaban J connectivity index is 2.84. The monoisotopic (exact) mass is 229 g/mol. The summed E-state index contributed by atoms with van der Waals surface area (Å²) in [5.41, 5.74) is 4.93. The zero-order valence-corrected chi connectivity index (χ0v) is 9.93. The fraction of sp³-hybridized carbons (Fsp3) is 0.800. The van der Waals surface area contributed by atoms with Gasteiger partial charge in [0.1, 0.15) is 6.04 Å². The van der Waals surface area contributed by atoms with E-state index < -0.39 is 18.0 Å². The molecule has 0 aromatic carbocycles. The number of urea groups is 1. The Bertz CT molecular complexity index is 298. The van der Waals surface area contributed by atoms with Crippen LogP contribution in [0.15, 0.2) is 0 Å². The van der Waals surface area contributed by atoms with Gasteiger partial charge in [0.2, 0.25) is 0 Å². The van der Waals surface area contributed by atoms with Crippen LogP contribution in [0, 0.1) is 0 Å². The summed E-state index contributed by atoms with van der Waals surface area (Å²) in [6.45, 7) is 7.05. The molecule has 1 rings (SSSR count). The van der Waals surface area contributed by atoms with Gasteiger partial charge >= 0.3 is 12.0 Å². The summed E-state index contributed by atoms with van der Waals surface area (Å²) >= 11 is 0. The molecule has 1 aliphatic rings. The molecule has 0 aromatic heterocycles. The lowest BCUT2D eigenvalue weighted by molar-refractivity contribution is -0.148. The zero-order valence-electron chi connectivity index (χ0n) is 9.93.